The Kier molecular flexibility index (Phi) is 10.6. The van der Waals surface area contributed by atoms with Crippen LogP contribution < -0.4 is 34.3 Å². The van der Waals surface area contributed by atoms with Gasteiger partial charge in [0.15, 0.2) is 5.75 Å². The maximum atomic E-state index is 11.8. The first kappa shape index (κ1) is 21.9. The van der Waals surface area contributed by atoms with Crippen molar-refractivity contribution in [2.24, 2.45) is 0 Å². The molecule has 0 aliphatic heterocycles. The summed E-state index contributed by atoms with van der Waals surface area (Å²) in [6, 6.07) is 5.37. The fraction of sp³-hybridized carbons (Fsp3) is 0.500. The van der Waals surface area contributed by atoms with Crippen LogP contribution in [0.2, 0.25) is 0 Å². The molecular weight excluding hydrogens is 339 g/mol. The molecule has 120 valence electrons. The van der Waals surface area contributed by atoms with E-state index in [-0.39, 0.29) is 36.7 Å². The molecule has 0 heterocycles. The fourth-order valence-corrected chi connectivity index (χ4v) is 2.60. The maximum absolute atomic E-state index is 11.8. The van der Waals surface area contributed by atoms with Gasteiger partial charge in [-0.05, 0) is 18.6 Å². The third-order valence-corrected chi connectivity index (χ3v) is 4.19. The first-order valence-corrected chi connectivity index (χ1v) is 8.66. The van der Waals surface area contributed by atoms with Crippen molar-refractivity contribution in [1.29, 1.82) is 0 Å². The number of halogens is 1. The van der Waals surface area contributed by atoms with Crippen LogP contribution in [-0.4, -0.2) is 24.3 Å². The topological polar surface area (TPSA) is 80.7 Å². The van der Waals surface area contributed by atoms with Gasteiger partial charge >= 0.3 is 35.5 Å². The van der Waals surface area contributed by atoms with Crippen molar-refractivity contribution in [3.05, 3.63) is 24.3 Å². The smallest absolute Gasteiger partial charge is 1.00 e. The average Bonchev–Trinajstić information content (AvgIpc) is 2.42. The van der Waals surface area contributed by atoms with Crippen LogP contribution in [0.25, 0.3) is 0 Å². The molecule has 0 saturated carbocycles. The Hall–Kier alpha value is -0.110. The van der Waals surface area contributed by atoms with Gasteiger partial charge in [0.05, 0.1) is 0 Å². The van der Waals surface area contributed by atoms with Gasteiger partial charge in [0.25, 0.3) is 10.1 Å². The van der Waals surface area contributed by atoms with Crippen molar-refractivity contribution in [2.75, 3.05) is 0 Å². The Morgan fingerprint density at radius 1 is 1.32 bits per heavy atom. The van der Waals surface area contributed by atoms with Gasteiger partial charge in [0.1, 0.15) is 10.3 Å². The summed E-state index contributed by atoms with van der Waals surface area (Å²) in [5, 5.41) is -0.837. The molecule has 0 saturated heterocycles. The van der Waals surface area contributed by atoms with E-state index < -0.39 is 26.4 Å². The monoisotopic (exact) mass is 358 g/mol. The molecule has 0 aromatic heterocycles. The number of carbonyl (C=O) groups excluding carboxylic acids is 1. The van der Waals surface area contributed by atoms with E-state index in [0.717, 1.165) is 31.7 Å². The molecule has 0 spiro atoms. The van der Waals surface area contributed by atoms with E-state index in [9.17, 15) is 13.2 Å². The largest absolute Gasteiger partial charge is 1.00 e. The molecule has 1 rings (SSSR count). The molecular formula is C14H20ClNaO5S. The second-order valence-corrected chi connectivity index (χ2v) is 6.58. The van der Waals surface area contributed by atoms with E-state index in [0.29, 0.717) is 6.42 Å². The molecule has 1 unspecified atom stereocenters. The van der Waals surface area contributed by atoms with Gasteiger partial charge in [-0.25, -0.2) is 0 Å². The van der Waals surface area contributed by atoms with Gasteiger partial charge in [-0.2, -0.15) is 8.42 Å². The number of rotatable bonds is 8. The normalized spacial score (nSPS) is 12.3. The third kappa shape index (κ3) is 7.44. The third-order valence-electron chi connectivity index (χ3n) is 2.90. The van der Waals surface area contributed by atoms with Crippen LogP contribution in [0.15, 0.2) is 29.2 Å². The van der Waals surface area contributed by atoms with Crippen LogP contribution in [0.5, 0.6) is 5.75 Å². The molecule has 8 heteroatoms. The molecule has 0 aliphatic carbocycles. The predicted octanol–water partition coefficient (Wildman–Crippen LogP) is 0.533. The molecule has 0 radical (unpaired) electrons. The molecule has 0 amide bonds. The zero-order chi connectivity index (χ0) is 15.9. The van der Waals surface area contributed by atoms with Gasteiger partial charge < -0.3 is 6.16 Å². The number of carbonyl (C=O) groups is 1. The summed E-state index contributed by atoms with van der Waals surface area (Å²) in [6.07, 6.45) is 4.41. The quantitative estimate of drug-likeness (QED) is 0.183. The number of ether oxygens (including phenoxy) is 1. The van der Waals surface area contributed by atoms with Crippen LogP contribution in [-0.2, 0) is 14.9 Å². The van der Waals surface area contributed by atoms with Crippen LogP contribution in [0, 0.1) is 0 Å². The standard InChI is InChI=1S/C14H19ClO5S.Na.H/c1-2-3-4-5-8-11(15)14(16)20-12-9-6-7-10-13(12)21(17,18)19;;/h6-7,9-11H,2-5,8H2,1H3,(H,17,18,19);;/q;+1;-1. The predicted molar refractivity (Wildman–Crippen MR) is 81.4 cm³/mol. The van der Waals surface area contributed by atoms with Crippen molar-refractivity contribution in [1.82, 2.24) is 0 Å². The molecule has 0 aliphatic rings. The van der Waals surface area contributed by atoms with Crippen LogP contribution >= 0.6 is 11.6 Å². The van der Waals surface area contributed by atoms with Gasteiger partial charge in [-0.1, -0.05) is 44.7 Å². The number of benzene rings is 1. The molecule has 5 nitrogen and oxygen atoms in total. The van der Waals surface area contributed by atoms with Gasteiger partial charge in [-0.15, -0.1) is 11.6 Å². The Morgan fingerprint density at radius 2 is 1.95 bits per heavy atom. The van der Waals surface area contributed by atoms with E-state index in [1.807, 2.05) is 0 Å². The van der Waals surface area contributed by atoms with Gasteiger partial charge in [0.2, 0.25) is 0 Å². The Morgan fingerprint density at radius 3 is 2.55 bits per heavy atom. The zero-order valence-electron chi connectivity index (χ0n) is 13.8. The van der Waals surface area contributed by atoms with Crippen molar-refractivity contribution < 1.29 is 53.5 Å². The first-order valence-electron chi connectivity index (χ1n) is 6.78. The van der Waals surface area contributed by atoms with Crippen LogP contribution in [0.1, 0.15) is 40.5 Å². The molecule has 22 heavy (non-hydrogen) atoms. The van der Waals surface area contributed by atoms with E-state index in [2.05, 4.69) is 6.92 Å². The number of hydrogen-bond donors (Lipinski definition) is 1. The summed E-state index contributed by atoms with van der Waals surface area (Å²) in [5.41, 5.74) is 0. The molecule has 1 atom stereocenters. The Labute approximate surface area is 159 Å². The van der Waals surface area contributed by atoms with Gasteiger partial charge in [-0.3, -0.25) is 9.35 Å². The van der Waals surface area contributed by atoms with E-state index in [4.69, 9.17) is 20.9 Å². The Balaban J connectivity index is 0. The minimum Gasteiger partial charge on any atom is -1.00 e. The molecule has 1 N–H and O–H groups in total. The summed E-state index contributed by atoms with van der Waals surface area (Å²) in [7, 11) is -4.45. The molecule has 1 aromatic rings. The zero-order valence-corrected chi connectivity index (χ0v) is 16.4. The van der Waals surface area contributed by atoms with Crippen molar-refractivity contribution >= 4 is 27.7 Å². The molecule has 0 fully saturated rings. The van der Waals surface area contributed by atoms with E-state index in [1.165, 1.54) is 18.2 Å². The van der Waals surface area contributed by atoms with Crippen molar-refractivity contribution in [2.45, 2.75) is 49.3 Å². The summed E-state index contributed by atoms with van der Waals surface area (Å²) < 4.78 is 36.4. The van der Waals surface area contributed by atoms with Crippen molar-refractivity contribution in [3.8, 4) is 5.75 Å². The Bertz CT molecular complexity index is 582. The SMILES string of the molecule is CCCCCCC(Cl)C(=O)Oc1ccccc1S(=O)(=O)O.[H-].[Na+]. The number of esters is 1. The maximum Gasteiger partial charge on any atom is 1.00 e. The first-order chi connectivity index (χ1) is 9.86. The second-order valence-electron chi connectivity index (χ2n) is 4.66. The summed E-state index contributed by atoms with van der Waals surface area (Å²) in [6.45, 7) is 2.08. The number of unbranched alkanes of at least 4 members (excludes halogenated alkanes) is 3. The van der Waals surface area contributed by atoms with Gasteiger partial charge in [0, 0.05) is 0 Å². The second kappa shape index (κ2) is 10.6. The fourth-order valence-electron chi connectivity index (χ4n) is 1.79. The number of para-hydroxylation sites is 1. The van der Waals surface area contributed by atoms with E-state index in [1.54, 1.807) is 0 Å². The minimum atomic E-state index is -4.45. The number of alkyl halides is 1. The number of hydrogen-bond acceptors (Lipinski definition) is 4. The summed E-state index contributed by atoms with van der Waals surface area (Å²) in [5.74, 6) is -0.937. The minimum absolute atomic E-state index is 0. The summed E-state index contributed by atoms with van der Waals surface area (Å²) >= 11 is 5.94. The van der Waals surface area contributed by atoms with Crippen LogP contribution in [0.4, 0.5) is 0 Å². The summed E-state index contributed by atoms with van der Waals surface area (Å²) in [4.78, 5) is 11.4. The van der Waals surface area contributed by atoms with E-state index >= 15 is 0 Å². The van der Waals surface area contributed by atoms with Crippen LogP contribution in [0.3, 0.4) is 0 Å². The average molecular weight is 359 g/mol. The molecule has 1 aromatic carbocycles. The molecule has 0 bridgehead atoms. The van der Waals surface area contributed by atoms with Crippen molar-refractivity contribution in [3.63, 3.8) is 0 Å².